The van der Waals surface area contributed by atoms with Crippen LogP contribution in [-0.2, 0) is 4.79 Å². The Morgan fingerprint density at radius 3 is 2.50 bits per heavy atom. The van der Waals surface area contributed by atoms with Gasteiger partial charge in [-0.2, -0.15) is 0 Å². The van der Waals surface area contributed by atoms with Gasteiger partial charge < -0.3 is 14.5 Å². The van der Waals surface area contributed by atoms with Crippen molar-refractivity contribution < 1.29 is 14.4 Å². The lowest BCUT2D eigenvalue weighted by Crippen LogP contribution is -2.32. The molecular weight excluding hydrogens is 304 g/mol. The molecule has 0 aliphatic heterocycles. The quantitative estimate of drug-likeness (QED) is 0.845. The second-order valence-corrected chi connectivity index (χ2v) is 6.29. The number of rotatable bonds is 7. The van der Waals surface area contributed by atoms with Crippen LogP contribution in [0.4, 0.5) is 0 Å². The van der Waals surface area contributed by atoms with E-state index in [0.29, 0.717) is 12.8 Å². The van der Waals surface area contributed by atoms with Crippen LogP contribution in [0.1, 0.15) is 54.3 Å². The Bertz CT molecular complexity index is 647. The molecule has 0 radical (unpaired) electrons. The molecule has 2 rings (SSSR count). The van der Waals surface area contributed by atoms with Gasteiger partial charge in [-0.15, -0.1) is 0 Å². The average Bonchev–Trinajstić information content (AvgIpc) is 2.91. The Balaban J connectivity index is 2.12. The number of carbonyl (C=O) groups is 1. The molecule has 5 nitrogen and oxygen atoms in total. The van der Waals surface area contributed by atoms with Crippen LogP contribution in [0.2, 0.25) is 0 Å². The third-order valence-electron chi connectivity index (χ3n) is 4.51. The number of carbonyl (C=O) groups excluding carboxylic acids is 1. The van der Waals surface area contributed by atoms with Gasteiger partial charge in [-0.25, -0.2) is 0 Å². The summed E-state index contributed by atoms with van der Waals surface area (Å²) in [6.07, 6.45) is 0.903. The van der Waals surface area contributed by atoms with Gasteiger partial charge in [0.15, 0.2) is 0 Å². The van der Waals surface area contributed by atoms with Crippen molar-refractivity contribution in [2.24, 2.45) is 0 Å². The molecule has 0 saturated heterocycles. The van der Waals surface area contributed by atoms with Crippen molar-refractivity contribution >= 4 is 5.91 Å². The molecule has 5 heteroatoms. The van der Waals surface area contributed by atoms with E-state index >= 15 is 0 Å². The molecule has 1 aromatic heterocycles. The number of benzene rings is 1. The number of aromatic nitrogens is 1. The highest BCUT2D eigenvalue weighted by Crippen LogP contribution is 2.29. The summed E-state index contributed by atoms with van der Waals surface area (Å²) in [5, 5.41) is 13.3. The summed E-state index contributed by atoms with van der Waals surface area (Å²) in [6.45, 7) is 5.83. The van der Waals surface area contributed by atoms with Crippen LogP contribution in [0, 0.1) is 13.8 Å². The fourth-order valence-corrected chi connectivity index (χ4v) is 3.26. The van der Waals surface area contributed by atoms with Gasteiger partial charge in [-0.3, -0.25) is 4.79 Å². The second-order valence-electron chi connectivity index (χ2n) is 6.29. The number of nitrogens with zero attached hydrogens (tertiary/aromatic N) is 2. The van der Waals surface area contributed by atoms with Gasteiger partial charge >= 0.3 is 0 Å². The molecule has 2 atom stereocenters. The first-order chi connectivity index (χ1) is 11.5. The highest BCUT2D eigenvalue weighted by atomic mass is 16.5. The fourth-order valence-electron chi connectivity index (χ4n) is 3.26. The highest BCUT2D eigenvalue weighted by Gasteiger charge is 2.25. The number of hydrogen-bond acceptors (Lipinski definition) is 4. The minimum Gasteiger partial charge on any atom is -0.396 e. The van der Waals surface area contributed by atoms with Crippen LogP contribution in [0.15, 0.2) is 34.9 Å². The molecule has 0 bridgehead atoms. The summed E-state index contributed by atoms with van der Waals surface area (Å²) in [5.74, 6) is 0.854. The summed E-state index contributed by atoms with van der Waals surface area (Å²) >= 11 is 0. The lowest BCUT2D eigenvalue weighted by molar-refractivity contribution is -0.132. The topological polar surface area (TPSA) is 66.6 Å². The van der Waals surface area contributed by atoms with Crippen LogP contribution in [0.25, 0.3) is 0 Å². The van der Waals surface area contributed by atoms with Crippen molar-refractivity contribution in [1.82, 2.24) is 10.1 Å². The van der Waals surface area contributed by atoms with E-state index in [9.17, 15) is 9.90 Å². The van der Waals surface area contributed by atoms with E-state index in [-0.39, 0.29) is 24.5 Å². The standard InChI is InChI=1S/C19H26N2O3/c1-13(19-14(2)20-24-15(19)3)12-18(23)21(4)17(10-11-22)16-8-6-5-7-9-16/h5-9,13,17,22H,10-12H2,1-4H3. The summed E-state index contributed by atoms with van der Waals surface area (Å²) < 4.78 is 5.21. The third kappa shape index (κ3) is 4.03. The van der Waals surface area contributed by atoms with E-state index in [1.807, 2.05) is 51.1 Å². The molecule has 0 aliphatic carbocycles. The Morgan fingerprint density at radius 2 is 1.96 bits per heavy atom. The van der Waals surface area contributed by atoms with Crippen LogP contribution >= 0.6 is 0 Å². The second kappa shape index (κ2) is 8.11. The zero-order chi connectivity index (χ0) is 17.7. The largest absolute Gasteiger partial charge is 0.396 e. The van der Waals surface area contributed by atoms with Gasteiger partial charge in [-0.1, -0.05) is 42.4 Å². The number of amides is 1. The number of aliphatic hydroxyl groups excluding tert-OH is 1. The van der Waals surface area contributed by atoms with Crippen molar-refractivity contribution in [3.8, 4) is 0 Å². The Labute approximate surface area is 143 Å². The molecule has 1 amide bonds. The predicted molar refractivity (Wildman–Crippen MR) is 92.7 cm³/mol. The van der Waals surface area contributed by atoms with Crippen LogP contribution in [0.5, 0.6) is 0 Å². The molecule has 2 unspecified atom stereocenters. The van der Waals surface area contributed by atoms with Crippen molar-refractivity contribution in [2.45, 2.75) is 45.6 Å². The molecule has 0 saturated carbocycles. The zero-order valence-electron chi connectivity index (χ0n) is 14.8. The lowest BCUT2D eigenvalue weighted by atomic mass is 9.94. The normalized spacial score (nSPS) is 13.5. The predicted octanol–water partition coefficient (Wildman–Crippen LogP) is 3.37. The van der Waals surface area contributed by atoms with E-state index in [1.54, 1.807) is 11.9 Å². The number of aryl methyl sites for hydroxylation is 2. The minimum absolute atomic E-state index is 0.0383. The van der Waals surface area contributed by atoms with Gasteiger partial charge in [0, 0.05) is 25.6 Å². The monoisotopic (exact) mass is 330 g/mol. The molecular formula is C19H26N2O3. The molecule has 130 valence electrons. The maximum Gasteiger partial charge on any atom is 0.223 e. The van der Waals surface area contributed by atoms with E-state index in [4.69, 9.17) is 4.52 Å². The number of aliphatic hydroxyl groups is 1. The van der Waals surface area contributed by atoms with E-state index in [1.165, 1.54) is 0 Å². The molecule has 0 fully saturated rings. The molecule has 2 aromatic rings. The van der Waals surface area contributed by atoms with Gasteiger partial charge in [0.2, 0.25) is 5.91 Å². The first kappa shape index (κ1) is 18.2. The Kier molecular flexibility index (Phi) is 6.15. The molecule has 24 heavy (non-hydrogen) atoms. The SMILES string of the molecule is Cc1noc(C)c1C(C)CC(=O)N(C)C(CCO)c1ccccc1. The maximum absolute atomic E-state index is 12.8. The maximum atomic E-state index is 12.8. The van der Waals surface area contributed by atoms with Crippen LogP contribution in [-0.4, -0.2) is 34.7 Å². The lowest BCUT2D eigenvalue weighted by Gasteiger charge is -2.29. The fraction of sp³-hybridized carbons (Fsp3) is 0.474. The van der Waals surface area contributed by atoms with E-state index < -0.39 is 0 Å². The van der Waals surface area contributed by atoms with Gasteiger partial charge in [-0.05, 0) is 31.7 Å². The summed E-state index contributed by atoms with van der Waals surface area (Å²) in [6, 6.07) is 9.69. The van der Waals surface area contributed by atoms with Crippen molar-refractivity contribution in [1.29, 1.82) is 0 Å². The summed E-state index contributed by atoms with van der Waals surface area (Å²) in [4.78, 5) is 14.5. The molecule has 1 N–H and O–H groups in total. The Hall–Kier alpha value is -2.14. The third-order valence-corrected chi connectivity index (χ3v) is 4.51. The average molecular weight is 330 g/mol. The van der Waals surface area contributed by atoms with Crippen LogP contribution < -0.4 is 0 Å². The molecule has 0 spiro atoms. The van der Waals surface area contributed by atoms with E-state index in [2.05, 4.69) is 5.16 Å². The van der Waals surface area contributed by atoms with Gasteiger partial charge in [0.25, 0.3) is 0 Å². The number of hydrogen-bond donors (Lipinski definition) is 1. The van der Waals surface area contributed by atoms with Crippen molar-refractivity contribution in [2.75, 3.05) is 13.7 Å². The molecule has 0 aliphatic rings. The molecule has 1 heterocycles. The van der Waals surface area contributed by atoms with Crippen molar-refractivity contribution in [3.63, 3.8) is 0 Å². The minimum atomic E-state index is -0.124. The summed E-state index contributed by atoms with van der Waals surface area (Å²) in [7, 11) is 1.80. The molecule has 1 aromatic carbocycles. The van der Waals surface area contributed by atoms with Gasteiger partial charge in [0.1, 0.15) is 5.76 Å². The first-order valence-electron chi connectivity index (χ1n) is 8.30. The van der Waals surface area contributed by atoms with Crippen LogP contribution in [0.3, 0.4) is 0 Å². The Morgan fingerprint density at radius 1 is 1.29 bits per heavy atom. The highest BCUT2D eigenvalue weighted by molar-refractivity contribution is 5.77. The van der Waals surface area contributed by atoms with Crippen molar-refractivity contribution in [3.05, 3.63) is 52.9 Å². The smallest absolute Gasteiger partial charge is 0.223 e. The van der Waals surface area contributed by atoms with E-state index in [0.717, 1.165) is 22.6 Å². The van der Waals surface area contributed by atoms with Gasteiger partial charge in [0.05, 0.1) is 11.7 Å². The first-order valence-corrected chi connectivity index (χ1v) is 8.30. The zero-order valence-corrected chi connectivity index (χ0v) is 14.8. The summed E-state index contributed by atoms with van der Waals surface area (Å²) in [5.41, 5.74) is 2.88.